The summed E-state index contributed by atoms with van der Waals surface area (Å²) < 4.78 is 43.6. The van der Waals surface area contributed by atoms with E-state index in [0.29, 0.717) is 38.5 Å². The van der Waals surface area contributed by atoms with Gasteiger partial charge in [0.2, 0.25) is 17.7 Å². The molecule has 0 radical (unpaired) electrons. The summed E-state index contributed by atoms with van der Waals surface area (Å²) in [5, 5.41) is 11.4. The zero-order valence-corrected chi connectivity index (χ0v) is 20.0. The van der Waals surface area contributed by atoms with Crippen LogP contribution in [0.25, 0.3) is 0 Å². The number of alkyl halides is 3. The van der Waals surface area contributed by atoms with Crippen molar-refractivity contribution >= 4 is 23.2 Å². The first-order chi connectivity index (χ1) is 16.1. The fraction of sp³-hybridized carbons (Fsp3) is 0.455. The average molecular weight is 497 g/mol. The number of anilines is 1. The van der Waals surface area contributed by atoms with Crippen LogP contribution in [0.1, 0.15) is 28.1 Å². The highest BCUT2D eigenvalue weighted by molar-refractivity contribution is 7.11. The molecule has 8 nitrogen and oxygen atoms in total. The second kappa shape index (κ2) is 11.3. The van der Waals surface area contributed by atoms with Crippen LogP contribution in [0.15, 0.2) is 30.5 Å². The molecule has 3 rings (SSSR count). The van der Waals surface area contributed by atoms with Gasteiger partial charge in [-0.25, -0.2) is 4.98 Å². The summed E-state index contributed by atoms with van der Waals surface area (Å²) in [6.07, 6.45) is -2.32. The predicted molar refractivity (Wildman–Crippen MR) is 123 cm³/mol. The molecular formula is C22H27F3N6O2S. The van der Waals surface area contributed by atoms with E-state index in [2.05, 4.69) is 49.2 Å². The number of nitrogens with one attached hydrogen (secondary N) is 1. The Kier molecular flexibility index (Phi) is 8.48. The van der Waals surface area contributed by atoms with Crippen LogP contribution in [-0.4, -0.2) is 51.5 Å². The van der Waals surface area contributed by atoms with Crippen molar-refractivity contribution < 1.29 is 22.7 Å². The summed E-state index contributed by atoms with van der Waals surface area (Å²) in [6.45, 7) is 6.23. The number of carbonyl (C=O) groups excluding carboxylic acids is 1. The molecule has 1 N–H and O–H groups in total. The zero-order chi connectivity index (χ0) is 24.7. The minimum atomic E-state index is -4.41. The molecule has 3 aromatic rings. The number of hydrogen-bond donors (Lipinski definition) is 1. The van der Waals surface area contributed by atoms with Crippen molar-refractivity contribution in [1.82, 2.24) is 25.1 Å². The standard InChI is InChI=1S/C22H27F3N6O2S/c1-15-4-6-19(34-15)13-30(11-9-26-17(3)32)21-29-28-16(2)31(21)10-8-18-5-7-20(27-12-18)33-14-22(23,24)25/h4-7,12H,8-11,13-14H2,1-3H3,(H,26,32). The molecule has 184 valence electrons. The molecule has 12 heteroatoms. The fourth-order valence-corrected chi connectivity index (χ4v) is 4.19. The number of thiophene rings is 1. The monoisotopic (exact) mass is 496 g/mol. The van der Waals surface area contributed by atoms with E-state index in [1.165, 1.54) is 28.9 Å². The molecule has 0 saturated heterocycles. The summed E-state index contributed by atoms with van der Waals surface area (Å²) >= 11 is 1.70. The van der Waals surface area contributed by atoms with E-state index in [1.807, 2.05) is 11.5 Å². The van der Waals surface area contributed by atoms with Gasteiger partial charge in [0, 0.05) is 48.6 Å². The highest BCUT2D eigenvalue weighted by atomic mass is 32.1. The Morgan fingerprint density at radius 3 is 2.62 bits per heavy atom. The van der Waals surface area contributed by atoms with Gasteiger partial charge in [-0.15, -0.1) is 21.5 Å². The molecule has 0 bridgehead atoms. The fourth-order valence-electron chi connectivity index (χ4n) is 3.28. The lowest BCUT2D eigenvalue weighted by atomic mass is 10.2. The van der Waals surface area contributed by atoms with Gasteiger partial charge in [-0.1, -0.05) is 6.07 Å². The molecule has 0 aliphatic heterocycles. The molecule has 1 amide bonds. The van der Waals surface area contributed by atoms with Crippen LogP contribution in [0.2, 0.25) is 0 Å². The largest absolute Gasteiger partial charge is 0.468 e. The van der Waals surface area contributed by atoms with E-state index in [-0.39, 0.29) is 11.8 Å². The van der Waals surface area contributed by atoms with Crippen molar-refractivity contribution in [2.24, 2.45) is 0 Å². The van der Waals surface area contributed by atoms with Crippen molar-refractivity contribution in [1.29, 1.82) is 0 Å². The van der Waals surface area contributed by atoms with E-state index < -0.39 is 12.8 Å². The molecule has 34 heavy (non-hydrogen) atoms. The number of rotatable bonds is 11. The van der Waals surface area contributed by atoms with E-state index in [4.69, 9.17) is 0 Å². The number of hydrogen-bond acceptors (Lipinski definition) is 7. The predicted octanol–water partition coefficient (Wildman–Crippen LogP) is 3.68. The van der Waals surface area contributed by atoms with Gasteiger partial charge in [0.1, 0.15) is 5.82 Å². The van der Waals surface area contributed by atoms with Gasteiger partial charge in [0.25, 0.3) is 0 Å². The molecular weight excluding hydrogens is 469 g/mol. The summed E-state index contributed by atoms with van der Waals surface area (Å²) in [4.78, 5) is 19.8. The number of aryl methyl sites for hydroxylation is 3. The molecule has 0 saturated carbocycles. The van der Waals surface area contributed by atoms with Crippen molar-refractivity contribution in [3.05, 3.63) is 51.6 Å². The maximum absolute atomic E-state index is 12.3. The molecule has 0 atom stereocenters. The van der Waals surface area contributed by atoms with Crippen LogP contribution < -0.4 is 15.0 Å². The van der Waals surface area contributed by atoms with E-state index >= 15 is 0 Å². The van der Waals surface area contributed by atoms with Gasteiger partial charge in [0.15, 0.2) is 6.61 Å². The number of aromatic nitrogens is 4. The van der Waals surface area contributed by atoms with Crippen LogP contribution in [0.4, 0.5) is 19.1 Å². The number of amides is 1. The van der Waals surface area contributed by atoms with Crippen LogP contribution in [0.5, 0.6) is 5.88 Å². The molecule has 0 aliphatic rings. The van der Waals surface area contributed by atoms with Crippen molar-refractivity contribution in [3.63, 3.8) is 0 Å². The molecule has 3 heterocycles. The third-order valence-corrected chi connectivity index (χ3v) is 5.89. The molecule has 3 aromatic heterocycles. The Labute approximate surface area is 199 Å². The van der Waals surface area contributed by atoms with Gasteiger partial charge in [-0.05, 0) is 38.0 Å². The average Bonchev–Trinajstić information content (AvgIpc) is 3.35. The third-order valence-electron chi connectivity index (χ3n) is 4.90. The smallest absolute Gasteiger partial charge is 0.422 e. The Bertz CT molecular complexity index is 1080. The molecule has 0 unspecified atom stereocenters. The Morgan fingerprint density at radius 1 is 1.21 bits per heavy atom. The first-order valence-electron chi connectivity index (χ1n) is 10.7. The highest BCUT2D eigenvalue weighted by Crippen LogP contribution is 2.22. The highest BCUT2D eigenvalue weighted by Gasteiger charge is 2.28. The summed E-state index contributed by atoms with van der Waals surface area (Å²) in [5.74, 6) is 1.25. The number of nitrogens with zero attached hydrogens (tertiary/aromatic N) is 5. The van der Waals surface area contributed by atoms with E-state index in [0.717, 1.165) is 11.4 Å². The van der Waals surface area contributed by atoms with Gasteiger partial charge < -0.3 is 15.0 Å². The summed E-state index contributed by atoms with van der Waals surface area (Å²) in [7, 11) is 0. The molecule has 0 spiro atoms. The topological polar surface area (TPSA) is 85.2 Å². The Balaban J connectivity index is 1.70. The van der Waals surface area contributed by atoms with Crippen LogP contribution >= 0.6 is 11.3 Å². The lowest BCUT2D eigenvalue weighted by Gasteiger charge is -2.24. The minimum Gasteiger partial charge on any atom is -0.468 e. The first kappa shape index (κ1) is 25.5. The third kappa shape index (κ3) is 7.72. The normalized spacial score (nSPS) is 11.5. The SMILES string of the molecule is CC(=O)NCCN(Cc1ccc(C)s1)c1nnc(C)n1CCc1ccc(OCC(F)(F)F)nc1. The lowest BCUT2D eigenvalue weighted by molar-refractivity contribution is -0.154. The maximum Gasteiger partial charge on any atom is 0.422 e. The van der Waals surface area contributed by atoms with Gasteiger partial charge in [-0.3, -0.25) is 9.36 Å². The van der Waals surface area contributed by atoms with Crippen LogP contribution in [0, 0.1) is 13.8 Å². The van der Waals surface area contributed by atoms with Gasteiger partial charge in [0.05, 0.1) is 6.54 Å². The van der Waals surface area contributed by atoms with Gasteiger partial charge >= 0.3 is 6.18 Å². The van der Waals surface area contributed by atoms with Crippen molar-refractivity contribution in [3.8, 4) is 5.88 Å². The van der Waals surface area contributed by atoms with Crippen molar-refractivity contribution in [2.75, 3.05) is 24.6 Å². The zero-order valence-electron chi connectivity index (χ0n) is 19.2. The number of pyridine rings is 1. The Hall–Kier alpha value is -3.15. The van der Waals surface area contributed by atoms with E-state index in [9.17, 15) is 18.0 Å². The second-order valence-corrected chi connectivity index (χ2v) is 9.15. The molecule has 0 aliphatic carbocycles. The first-order valence-corrected chi connectivity index (χ1v) is 11.5. The molecule has 0 aromatic carbocycles. The van der Waals surface area contributed by atoms with Crippen LogP contribution in [0.3, 0.4) is 0 Å². The van der Waals surface area contributed by atoms with Crippen LogP contribution in [-0.2, 0) is 24.3 Å². The maximum atomic E-state index is 12.3. The quantitative estimate of drug-likeness (QED) is 0.436. The Morgan fingerprint density at radius 2 is 2.00 bits per heavy atom. The summed E-state index contributed by atoms with van der Waals surface area (Å²) in [5.41, 5.74) is 0.845. The number of ether oxygens (including phenoxy) is 1. The second-order valence-electron chi connectivity index (χ2n) is 7.77. The number of halogens is 3. The molecule has 0 fully saturated rings. The summed E-state index contributed by atoms with van der Waals surface area (Å²) in [6, 6.07) is 7.27. The van der Waals surface area contributed by atoms with E-state index in [1.54, 1.807) is 17.4 Å². The number of carbonyl (C=O) groups is 1. The lowest BCUT2D eigenvalue weighted by Crippen LogP contribution is -2.35. The minimum absolute atomic E-state index is 0.0716. The van der Waals surface area contributed by atoms with Crippen molar-refractivity contribution in [2.45, 2.75) is 46.5 Å². The van der Waals surface area contributed by atoms with Gasteiger partial charge in [-0.2, -0.15) is 13.2 Å².